The molecule has 0 saturated carbocycles. The number of nitriles is 1. The van der Waals surface area contributed by atoms with Crippen LogP contribution in [0.1, 0.15) is 33.3 Å². The Kier molecular flexibility index (Phi) is 7.53. The first-order valence-electron chi connectivity index (χ1n) is 10.8. The van der Waals surface area contributed by atoms with E-state index in [-0.39, 0.29) is 40.1 Å². The Balaban J connectivity index is 1.74. The second-order valence-corrected chi connectivity index (χ2v) is 8.94. The fraction of sp³-hybridized carbons (Fsp3) is 0.115. The third-order valence-corrected chi connectivity index (χ3v) is 6.22. The number of hydrogen-bond acceptors (Lipinski definition) is 6. The van der Waals surface area contributed by atoms with Gasteiger partial charge in [0, 0.05) is 41.3 Å². The minimum atomic E-state index is -1.08. The zero-order chi connectivity index (χ0) is 26.7. The quantitative estimate of drug-likeness (QED) is 0.350. The average Bonchev–Trinajstić information content (AvgIpc) is 3.37. The van der Waals surface area contributed by atoms with Crippen LogP contribution in [0, 0.1) is 17.1 Å². The van der Waals surface area contributed by atoms with E-state index >= 15 is 0 Å². The highest BCUT2D eigenvalue weighted by molar-refractivity contribution is 6.33. The van der Waals surface area contributed by atoms with Crippen LogP contribution in [0.2, 0.25) is 10.0 Å². The summed E-state index contributed by atoms with van der Waals surface area (Å²) < 4.78 is 20.7. The third-order valence-electron chi connectivity index (χ3n) is 5.69. The smallest absolute Gasteiger partial charge is 0.251 e. The fourth-order valence-corrected chi connectivity index (χ4v) is 4.33. The Labute approximate surface area is 219 Å². The molecule has 4 aromatic rings. The molecule has 0 fully saturated rings. The summed E-state index contributed by atoms with van der Waals surface area (Å²) in [7, 11) is 0. The number of ketones is 1. The monoisotopic (exact) mass is 538 g/mol. The first-order chi connectivity index (χ1) is 17.7. The lowest BCUT2D eigenvalue weighted by Gasteiger charge is -2.19. The maximum absolute atomic E-state index is 14.3. The van der Waals surface area contributed by atoms with Gasteiger partial charge in [-0.05, 0) is 35.9 Å². The van der Waals surface area contributed by atoms with Gasteiger partial charge in [0.1, 0.15) is 17.6 Å². The molecular formula is C26H17Cl2FN4O4. The van der Waals surface area contributed by atoms with E-state index in [1.54, 1.807) is 6.07 Å². The minimum Gasteiger partial charge on any atom is -0.448 e. The predicted molar refractivity (Wildman–Crippen MR) is 134 cm³/mol. The lowest BCUT2D eigenvalue weighted by Crippen LogP contribution is -2.32. The number of aromatic nitrogens is 2. The van der Waals surface area contributed by atoms with Gasteiger partial charge in [0.2, 0.25) is 0 Å². The van der Waals surface area contributed by atoms with E-state index in [4.69, 9.17) is 33.4 Å². The van der Waals surface area contributed by atoms with Crippen LogP contribution in [0.5, 0.6) is 0 Å². The molecule has 186 valence electrons. The number of pyridine rings is 1. The van der Waals surface area contributed by atoms with Gasteiger partial charge in [-0.2, -0.15) is 5.26 Å². The Morgan fingerprint density at radius 1 is 1.16 bits per heavy atom. The molecule has 0 bridgehead atoms. The van der Waals surface area contributed by atoms with Gasteiger partial charge in [0.05, 0.1) is 28.4 Å². The maximum Gasteiger partial charge on any atom is 0.251 e. The zero-order valence-electron chi connectivity index (χ0n) is 19.0. The Hall–Kier alpha value is -4.26. The van der Waals surface area contributed by atoms with Crippen LogP contribution in [0.25, 0.3) is 11.1 Å². The van der Waals surface area contributed by atoms with E-state index in [9.17, 15) is 24.0 Å². The lowest BCUT2D eigenvalue weighted by molar-refractivity contribution is -0.121. The molecule has 11 heteroatoms. The number of carbonyl (C=O) groups is 2. The highest BCUT2D eigenvalue weighted by Gasteiger charge is 2.25. The van der Waals surface area contributed by atoms with Crippen molar-refractivity contribution in [3.8, 4) is 17.2 Å². The van der Waals surface area contributed by atoms with Crippen molar-refractivity contribution in [2.75, 3.05) is 0 Å². The first-order valence-corrected chi connectivity index (χ1v) is 11.5. The molecule has 2 N–H and O–H groups in total. The second-order valence-electron chi connectivity index (χ2n) is 8.09. The lowest BCUT2D eigenvalue weighted by atomic mass is 9.98. The van der Waals surface area contributed by atoms with Gasteiger partial charge >= 0.3 is 0 Å². The standard InChI is InChI=1S/C26H17Cl2FN4O4/c27-16-3-2-15(10-30)19(7-16)20-9-25(35)33(12-21(20)28)23(8-17-11-32-13-37-17)24(34)6-14-1-4-18(26(31)36)22(29)5-14/h1-5,7,9,11-13,23H,6,8H2,(H2,31,36). The number of hydrogen-bond donors (Lipinski definition) is 1. The summed E-state index contributed by atoms with van der Waals surface area (Å²) in [5.74, 6) is -1.90. The van der Waals surface area contributed by atoms with Crippen LogP contribution in [0.4, 0.5) is 4.39 Å². The first kappa shape index (κ1) is 25.8. The van der Waals surface area contributed by atoms with E-state index in [0.29, 0.717) is 16.3 Å². The summed E-state index contributed by atoms with van der Waals surface area (Å²) in [4.78, 5) is 41.8. The molecule has 37 heavy (non-hydrogen) atoms. The van der Waals surface area contributed by atoms with Crippen molar-refractivity contribution in [1.82, 2.24) is 9.55 Å². The molecule has 0 saturated heterocycles. The van der Waals surface area contributed by atoms with E-state index < -0.39 is 29.1 Å². The maximum atomic E-state index is 14.3. The predicted octanol–water partition coefficient (Wildman–Crippen LogP) is 4.52. The normalized spacial score (nSPS) is 11.6. The van der Waals surface area contributed by atoms with Gasteiger partial charge in [0.25, 0.3) is 11.5 Å². The highest BCUT2D eigenvalue weighted by atomic mass is 35.5. The zero-order valence-corrected chi connectivity index (χ0v) is 20.5. The molecule has 8 nitrogen and oxygen atoms in total. The third kappa shape index (κ3) is 5.61. The van der Waals surface area contributed by atoms with Crippen molar-refractivity contribution in [2.45, 2.75) is 18.9 Å². The van der Waals surface area contributed by atoms with Crippen molar-refractivity contribution < 1.29 is 18.4 Å². The molecular weight excluding hydrogens is 522 g/mol. The van der Waals surface area contributed by atoms with E-state index in [0.717, 1.165) is 10.6 Å². The van der Waals surface area contributed by atoms with Crippen molar-refractivity contribution >= 4 is 34.9 Å². The van der Waals surface area contributed by atoms with Crippen LogP contribution in [0.3, 0.4) is 0 Å². The molecule has 1 amide bonds. The van der Waals surface area contributed by atoms with Gasteiger partial charge < -0.3 is 14.7 Å². The molecule has 0 aliphatic rings. The van der Waals surface area contributed by atoms with Gasteiger partial charge in [-0.15, -0.1) is 0 Å². The largest absolute Gasteiger partial charge is 0.448 e. The number of nitrogens with two attached hydrogens (primary N) is 1. The number of benzene rings is 2. The second kappa shape index (κ2) is 10.8. The number of oxazole rings is 1. The Morgan fingerprint density at radius 3 is 2.59 bits per heavy atom. The average molecular weight is 539 g/mol. The van der Waals surface area contributed by atoms with Crippen LogP contribution < -0.4 is 11.3 Å². The summed E-state index contributed by atoms with van der Waals surface area (Å²) in [6.07, 6.45) is 3.62. The fourth-order valence-electron chi connectivity index (χ4n) is 3.90. The van der Waals surface area contributed by atoms with Crippen LogP contribution in [-0.4, -0.2) is 21.2 Å². The van der Waals surface area contributed by atoms with Gasteiger partial charge in [-0.1, -0.05) is 29.3 Å². The molecule has 0 aliphatic carbocycles. The highest BCUT2D eigenvalue weighted by Crippen LogP contribution is 2.32. The summed E-state index contributed by atoms with van der Waals surface area (Å²) in [5.41, 5.74) is 5.45. The number of Topliss-reactive ketones (excluding diaryl/α,β-unsaturated/α-hetero) is 1. The van der Waals surface area contributed by atoms with E-state index in [2.05, 4.69) is 4.98 Å². The Morgan fingerprint density at radius 2 is 1.95 bits per heavy atom. The summed E-state index contributed by atoms with van der Waals surface area (Å²) in [6.45, 7) is 0. The molecule has 2 aromatic heterocycles. The summed E-state index contributed by atoms with van der Waals surface area (Å²) >= 11 is 12.6. The molecule has 0 spiro atoms. The topological polar surface area (TPSA) is 132 Å². The van der Waals surface area contributed by atoms with Crippen LogP contribution in [-0.2, 0) is 17.6 Å². The molecule has 2 aromatic carbocycles. The molecule has 0 aliphatic heterocycles. The number of halogens is 3. The minimum absolute atomic E-state index is 0.0309. The summed E-state index contributed by atoms with van der Waals surface area (Å²) in [6, 6.07) is 10.4. The Bertz CT molecular complexity index is 1610. The van der Waals surface area contributed by atoms with Crippen LogP contribution >= 0.6 is 23.2 Å². The van der Waals surface area contributed by atoms with E-state index in [1.165, 1.54) is 49.1 Å². The van der Waals surface area contributed by atoms with Gasteiger partial charge in [-0.25, -0.2) is 9.37 Å². The van der Waals surface area contributed by atoms with Crippen LogP contribution in [0.15, 0.2) is 70.5 Å². The number of amides is 1. The number of carbonyl (C=O) groups excluding carboxylic acids is 2. The molecule has 4 rings (SSSR count). The van der Waals surface area contributed by atoms with Crippen molar-refractivity contribution in [1.29, 1.82) is 5.26 Å². The van der Waals surface area contributed by atoms with Gasteiger partial charge in [0.15, 0.2) is 12.2 Å². The molecule has 1 atom stereocenters. The molecule has 2 heterocycles. The number of nitrogens with zero attached hydrogens (tertiary/aromatic N) is 3. The van der Waals surface area contributed by atoms with Crippen molar-refractivity contribution in [3.05, 3.63) is 110 Å². The number of rotatable bonds is 8. The summed E-state index contributed by atoms with van der Waals surface area (Å²) in [5, 5.41) is 9.92. The number of primary amides is 1. The molecule has 1 unspecified atom stereocenters. The molecule has 0 radical (unpaired) electrons. The SMILES string of the molecule is N#Cc1ccc(Cl)cc1-c1cc(=O)n(C(Cc2cnco2)C(=O)Cc2ccc(C(N)=O)c(F)c2)cc1Cl. The van der Waals surface area contributed by atoms with Gasteiger partial charge in [-0.3, -0.25) is 14.4 Å². The van der Waals surface area contributed by atoms with E-state index in [1.807, 2.05) is 6.07 Å². The van der Waals surface area contributed by atoms with Crippen molar-refractivity contribution in [2.24, 2.45) is 5.73 Å². The van der Waals surface area contributed by atoms with Crippen molar-refractivity contribution in [3.63, 3.8) is 0 Å².